The first-order chi connectivity index (χ1) is 20.9. The molecule has 3 atom stereocenters. The maximum absolute atomic E-state index is 13.9. The molecule has 1 aliphatic heterocycles. The van der Waals surface area contributed by atoms with Gasteiger partial charge in [-0.15, -0.1) is 0 Å². The van der Waals surface area contributed by atoms with Crippen LogP contribution in [0.5, 0.6) is 11.5 Å². The highest BCUT2D eigenvalue weighted by Crippen LogP contribution is 2.40. The lowest BCUT2D eigenvalue weighted by molar-refractivity contribution is 0.0650. The monoisotopic (exact) mass is 592 g/mol. The molecule has 2 N–H and O–H groups in total. The lowest BCUT2D eigenvalue weighted by Crippen LogP contribution is -2.52. The molecule has 0 bridgehead atoms. The summed E-state index contributed by atoms with van der Waals surface area (Å²) in [5.41, 5.74) is 1.53. The van der Waals surface area contributed by atoms with Crippen LogP contribution in [0.25, 0.3) is 0 Å². The Morgan fingerprint density at radius 1 is 0.977 bits per heavy atom. The molecule has 0 aromatic heterocycles. The Bertz CT molecular complexity index is 1220. The van der Waals surface area contributed by atoms with Crippen LogP contribution in [-0.4, -0.2) is 82.0 Å². The number of para-hydroxylation sites is 1. The van der Waals surface area contributed by atoms with E-state index in [0.717, 1.165) is 50.9 Å². The van der Waals surface area contributed by atoms with Gasteiger partial charge in [0, 0.05) is 69.1 Å². The van der Waals surface area contributed by atoms with E-state index >= 15 is 0 Å². The number of methoxy groups -OCH3 is 2. The third kappa shape index (κ3) is 7.81. The first kappa shape index (κ1) is 31.1. The molecule has 3 aliphatic rings. The smallest absolute Gasteiger partial charge is 0.322 e. The summed E-state index contributed by atoms with van der Waals surface area (Å²) in [6.45, 7) is 7.48. The predicted octanol–water partition coefficient (Wildman–Crippen LogP) is 4.95. The van der Waals surface area contributed by atoms with Crippen molar-refractivity contribution in [2.45, 2.75) is 64.1 Å². The average Bonchev–Trinajstić information content (AvgIpc) is 3.96. The second kappa shape index (κ2) is 14.4. The molecule has 1 heterocycles. The van der Waals surface area contributed by atoms with Crippen LogP contribution in [0.2, 0.25) is 0 Å². The molecule has 2 aromatic rings. The van der Waals surface area contributed by atoms with E-state index in [1.807, 2.05) is 46.2 Å². The number of hydrogen-bond donors (Lipinski definition) is 2. The molecular weight excluding hydrogens is 544 g/mol. The molecule has 0 spiro atoms. The van der Waals surface area contributed by atoms with Gasteiger partial charge in [0.1, 0.15) is 0 Å². The average molecular weight is 593 g/mol. The van der Waals surface area contributed by atoms with Crippen molar-refractivity contribution in [3.05, 3.63) is 54.1 Å². The van der Waals surface area contributed by atoms with E-state index in [9.17, 15) is 9.59 Å². The van der Waals surface area contributed by atoms with Crippen LogP contribution >= 0.6 is 0 Å². The number of rotatable bonds is 15. The number of carbonyl (C=O) groups is 2. The number of benzene rings is 2. The van der Waals surface area contributed by atoms with Crippen molar-refractivity contribution in [3.63, 3.8) is 0 Å². The van der Waals surface area contributed by atoms with Crippen LogP contribution < -0.4 is 25.0 Å². The number of amides is 3. The van der Waals surface area contributed by atoms with E-state index in [1.165, 1.54) is 0 Å². The molecule has 3 amide bonds. The zero-order valence-electron chi connectivity index (χ0n) is 26.1. The van der Waals surface area contributed by atoms with Gasteiger partial charge in [0.05, 0.1) is 13.7 Å². The summed E-state index contributed by atoms with van der Waals surface area (Å²) in [7, 11) is 3.27. The van der Waals surface area contributed by atoms with Gasteiger partial charge in [-0.05, 0) is 87.6 Å². The summed E-state index contributed by atoms with van der Waals surface area (Å²) < 4.78 is 16.6. The van der Waals surface area contributed by atoms with Crippen LogP contribution in [0.4, 0.5) is 10.5 Å². The molecule has 43 heavy (non-hydrogen) atoms. The SMILES string of the molecule is COCCCOc1cc(C(=O)N(C[C@@H]2CNC[C@H]2C(NC(=O)N(c2ccccc2)C2CC2)C2CC2)C(C)C)ccc1OC. The number of ether oxygens (including phenoxy) is 3. The van der Waals surface area contributed by atoms with Crippen LogP contribution in [-0.2, 0) is 4.74 Å². The van der Waals surface area contributed by atoms with E-state index in [0.29, 0.717) is 42.7 Å². The molecule has 2 saturated carbocycles. The number of carbonyl (C=O) groups excluding carboxylic acids is 2. The number of nitrogens with one attached hydrogen (secondary N) is 2. The Morgan fingerprint density at radius 3 is 2.40 bits per heavy atom. The van der Waals surface area contributed by atoms with Crippen LogP contribution in [0.3, 0.4) is 0 Å². The summed E-state index contributed by atoms with van der Waals surface area (Å²) in [5, 5.41) is 7.07. The minimum Gasteiger partial charge on any atom is -0.493 e. The van der Waals surface area contributed by atoms with Crippen molar-refractivity contribution in [3.8, 4) is 11.5 Å². The highest BCUT2D eigenvalue weighted by molar-refractivity contribution is 5.95. The quantitative estimate of drug-likeness (QED) is 0.284. The summed E-state index contributed by atoms with van der Waals surface area (Å²) in [5.74, 6) is 2.09. The van der Waals surface area contributed by atoms with Crippen molar-refractivity contribution in [2.75, 3.05) is 52.0 Å². The number of urea groups is 1. The molecule has 2 aromatic carbocycles. The van der Waals surface area contributed by atoms with E-state index in [-0.39, 0.29) is 41.9 Å². The summed E-state index contributed by atoms with van der Waals surface area (Å²) in [4.78, 5) is 31.6. The maximum atomic E-state index is 13.9. The second-order valence-corrected chi connectivity index (χ2v) is 12.4. The fourth-order valence-corrected chi connectivity index (χ4v) is 6.29. The van der Waals surface area contributed by atoms with Gasteiger partial charge in [-0.2, -0.15) is 0 Å². The third-order valence-corrected chi connectivity index (χ3v) is 8.91. The largest absolute Gasteiger partial charge is 0.493 e. The lowest BCUT2D eigenvalue weighted by atomic mass is 9.85. The Morgan fingerprint density at radius 2 is 1.74 bits per heavy atom. The number of hydrogen-bond acceptors (Lipinski definition) is 6. The van der Waals surface area contributed by atoms with Gasteiger partial charge in [-0.3, -0.25) is 9.69 Å². The minimum atomic E-state index is -0.0268. The predicted molar refractivity (Wildman–Crippen MR) is 168 cm³/mol. The Labute approximate surface area is 256 Å². The van der Waals surface area contributed by atoms with Crippen molar-refractivity contribution in [2.24, 2.45) is 17.8 Å². The van der Waals surface area contributed by atoms with Gasteiger partial charge in [0.2, 0.25) is 0 Å². The van der Waals surface area contributed by atoms with Crippen LogP contribution in [0.15, 0.2) is 48.5 Å². The molecular formula is C34H48N4O5. The van der Waals surface area contributed by atoms with Crippen molar-refractivity contribution >= 4 is 17.6 Å². The van der Waals surface area contributed by atoms with Crippen molar-refractivity contribution < 1.29 is 23.8 Å². The van der Waals surface area contributed by atoms with E-state index in [1.54, 1.807) is 26.4 Å². The molecule has 1 saturated heterocycles. The normalized spacial score (nSPS) is 20.5. The molecule has 9 nitrogen and oxygen atoms in total. The summed E-state index contributed by atoms with van der Waals surface area (Å²) >= 11 is 0. The molecule has 1 unspecified atom stereocenters. The third-order valence-electron chi connectivity index (χ3n) is 8.91. The summed E-state index contributed by atoms with van der Waals surface area (Å²) in [6.07, 6.45) is 5.10. The number of anilines is 1. The Hall–Kier alpha value is -3.30. The van der Waals surface area contributed by atoms with Gasteiger partial charge in [-0.25, -0.2) is 4.79 Å². The van der Waals surface area contributed by atoms with Crippen LogP contribution in [0, 0.1) is 17.8 Å². The first-order valence-corrected chi connectivity index (χ1v) is 15.9. The molecule has 3 fully saturated rings. The first-order valence-electron chi connectivity index (χ1n) is 15.9. The highest BCUT2D eigenvalue weighted by atomic mass is 16.5. The second-order valence-electron chi connectivity index (χ2n) is 12.4. The molecule has 2 aliphatic carbocycles. The summed E-state index contributed by atoms with van der Waals surface area (Å²) in [6, 6.07) is 15.8. The van der Waals surface area contributed by atoms with Crippen molar-refractivity contribution in [1.82, 2.24) is 15.5 Å². The Kier molecular flexibility index (Phi) is 10.5. The van der Waals surface area contributed by atoms with E-state index in [4.69, 9.17) is 14.2 Å². The minimum absolute atomic E-state index is 0.00398. The topological polar surface area (TPSA) is 92.4 Å². The maximum Gasteiger partial charge on any atom is 0.322 e. The van der Waals surface area contributed by atoms with Gasteiger partial charge >= 0.3 is 6.03 Å². The molecule has 9 heteroatoms. The highest BCUT2D eigenvalue weighted by Gasteiger charge is 2.45. The van der Waals surface area contributed by atoms with E-state index in [2.05, 4.69) is 24.5 Å². The molecule has 234 valence electrons. The zero-order valence-corrected chi connectivity index (χ0v) is 26.1. The molecule has 5 rings (SSSR count). The standard InChI is InChI=1S/C34H48N4O5/c1-23(2)37(33(39)25-13-16-30(42-4)31(19-25)43-18-8-17-41-3)22-26-20-35-21-29(26)32(24-11-12-24)36-34(40)38(28-14-15-28)27-9-6-5-7-10-27/h5-7,9-10,13,16,19,23-24,26,28-29,32,35H,8,11-12,14-15,17-18,20-22H2,1-4H3,(H,36,40)/t26-,29+,32?/m0/s1. The fourth-order valence-electron chi connectivity index (χ4n) is 6.29. The van der Waals surface area contributed by atoms with Gasteiger partial charge in [-0.1, -0.05) is 18.2 Å². The van der Waals surface area contributed by atoms with Gasteiger partial charge in [0.15, 0.2) is 11.5 Å². The number of nitrogens with zero attached hydrogens (tertiary/aromatic N) is 2. The fraction of sp³-hybridized carbons (Fsp3) is 0.588. The zero-order chi connectivity index (χ0) is 30.3. The Balaban J connectivity index is 1.29. The lowest BCUT2D eigenvalue weighted by Gasteiger charge is -2.35. The van der Waals surface area contributed by atoms with Gasteiger partial charge in [0.25, 0.3) is 5.91 Å². The van der Waals surface area contributed by atoms with Gasteiger partial charge < -0.3 is 29.7 Å². The van der Waals surface area contributed by atoms with Crippen molar-refractivity contribution in [1.29, 1.82) is 0 Å². The van der Waals surface area contributed by atoms with Crippen LogP contribution in [0.1, 0.15) is 56.3 Å². The molecule has 0 radical (unpaired) electrons. The van der Waals surface area contributed by atoms with E-state index < -0.39 is 0 Å².